The Labute approximate surface area is 193 Å². The lowest BCUT2D eigenvalue weighted by Gasteiger charge is -2.13. The number of anilines is 2. The van der Waals surface area contributed by atoms with Gasteiger partial charge in [0.05, 0.1) is 32.0 Å². The van der Waals surface area contributed by atoms with Gasteiger partial charge in [0.1, 0.15) is 4.90 Å². The number of nitrogens with zero attached hydrogens (tertiary/aromatic N) is 3. The highest BCUT2D eigenvalue weighted by Crippen LogP contribution is 2.30. The van der Waals surface area contributed by atoms with Gasteiger partial charge in [-0.1, -0.05) is 35.9 Å². The van der Waals surface area contributed by atoms with Crippen molar-refractivity contribution in [1.29, 1.82) is 0 Å². The van der Waals surface area contributed by atoms with Gasteiger partial charge >= 0.3 is 0 Å². The zero-order valence-corrected chi connectivity index (χ0v) is 18.5. The van der Waals surface area contributed by atoms with Gasteiger partial charge < -0.3 is 0 Å². The van der Waals surface area contributed by atoms with Crippen LogP contribution in [0.2, 0.25) is 5.02 Å². The SMILES string of the molecule is C/C(=N/Nc1ccc([N+](=O)[O-])cc1S(=O)(=O)Nc1ccccc1Cl)c1cccc([N+](=O)[O-])c1. The predicted molar refractivity (Wildman–Crippen MR) is 124 cm³/mol. The van der Waals surface area contributed by atoms with E-state index in [9.17, 15) is 28.6 Å². The van der Waals surface area contributed by atoms with Crippen LogP contribution in [-0.2, 0) is 10.0 Å². The van der Waals surface area contributed by atoms with E-state index < -0.39 is 30.5 Å². The van der Waals surface area contributed by atoms with E-state index in [0.717, 1.165) is 12.1 Å². The van der Waals surface area contributed by atoms with Crippen LogP contribution < -0.4 is 10.1 Å². The third kappa shape index (κ3) is 5.61. The van der Waals surface area contributed by atoms with E-state index in [0.29, 0.717) is 11.3 Å². The molecule has 0 aliphatic heterocycles. The van der Waals surface area contributed by atoms with Gasteiger partial charge in [-0.25, -0.2) is 8.42 Å². The second-order valence-corrected chi connectivity index (χ2v) is 8.70. The number of rotatable bonds is 8. The van der Waals surface area contributed by atoms with Crippen molar-refractivity contribution < 1.29 is 18.3 Å². The Kier molecular flexibility index (Phi) is 6.89. The molecule has 2 N–H and O–H groups in total. The summed E-state index contributed by atoms with van der Waals surface area (Å²) < 4.78 is 28.4. The first-order valence-electron chi connectivity index (χ1n) is 9.19. The average Bonchev–Trinajstić information content (AvgIpc) is 2.78. The largest absolute Gasteiger partial charge is 0.278 e. The molecule has 0 atom stereocenters. The third-order valence-corrected chi connectivity index (χ3v) is 6.14. The van der Waals surface area contributed by atoms with Gasteiger partial charge in [0.2, 0.25) is 0 Å². The molecule has 0 heterocycles. The Bertz CT molecular complexity index is 1380. The first-order valence-corrected chi connectivity index (χ1v) is 11.1. The number of sulfonamides is 1. The smallest absolute Gasteiger partial charge is 0.270 e. The topological polar surface area (TPSA) is 157 Å². The van der Waals surface area contributed by atoms with Gasteiger partial charge in [0.25, 0.3) is 21.4 Å². The van der Waals surface area contributed by atoms with Crippen molar-refractivity contribution in [2.75, 3.05) is 10.1 Å². The van der Waals surface area contributed by atoms with Crippen molar-refractivity contribution in [3.05, 3.63) is 97.5 Å². The van der Waals surface area contributed by atoms with Crippen molar-refractivity contribution in [1.82, 2.24) is 0 Å². The molecule has 3 rings (SSSR count). The van der Waals surface area contributed by atoms with Gasteiger partial charge in [0, 0.05) is 29.8 Å². The number of non-ortho nitro benzene ring substituents is 2. The molecule has 0 saturated heterocycles. The minimum Gasteiger partial charge on any atom is -0.278 e. The minimum absolute atomic E-state index is 0.0510. The molecule has 0 saturated carbocycles. The Morgan fingerprint density at radius 3 is 2.24 bits per heavy atom. The number of nitrogens with one attached hydrogen (secondary N) is 2. The number of hydrogen-bond donors (Lipinski definition) is 2. The molecule has 11 nitrogen and oxygen atoms in total. The molecule has 0 amide bonds. The van der Waals surface area contributed by atoms with E-state index in [2.05, 4.69) is 15.2 Å². The Morgan fingerprint density at radius 2 is 1.58 bits per heavy atom. The van der Waals surface area contributed by atoms with Gasteiger partial charge in [-0.05, 0) is 25.1 Å². The van der Waals surface area contributed by atoms with E-state index in [-0.39, 0.29) is 22.1 Å². The quantitative estimate of drug-likeness (QED) is 0.261. The summed E-state index contributed by atoms with van der Waals surface area (Å²) in [4.78, 5) is 20.5. The Hall–Kier alpha value is -4.03. The Morgan fingerprint density at radius 1 is 0.909 bits per heavy atom. The molecule has 0 aromatic heterocycles. The van der Waals surface area contributed by atoms with Crippen LogP contribution in [0.4, 0.5) is 22.7 Å². The standard InChI is InChI=1S/C20H16ClN5O6S/c1-13(14-5-4-6-15(11-14)25(27)28)22-23-19-10-9-16(26(29)30)12-20(19)33(31,32)24-18-8-3-2-7-17(18)21/h2-12,23-24H,1H3/b22-13-. The van der Waals surface area contributed by atoms with Crippen LogP contribution in [0.15, 0.2) is 76.7 Å². The van der Waals surface area contributed by atoms with Crippen LogP contribution in [-0.4, -0.2) is 24.0 Å². The fourth-order valence-corrected chi connectivity index (χ4v) is 4.23. The summed E-state index contributed by atoms with van der Waals surface area (Å²) in [5.41, 5.74) is 2.78. The molecule has 0 spiro atoms. The van der Waals surface area contributed by atoms with Crippen LogP contribution in [0.3, 0.4) is 0 Å². The number of para-hydroxylation sites is 1. The molecule has 170 valence electrons. The number of nitro benzene ring substituents is 2. The lowest BCUT2D eigenvalue weighted by molar-refractivity contribution is -0.385. The lowest BCUT2D eigenvalue weighted by Crippen LogP contribution is -2.15. The Balaban J connectivity index is 2.00. The van der Waals surface area contributed by atoms with Crippen LogP contribution in [0.25, 0.3) is 0 Å². The van der Waals surface area contributed by atoms with E-state index in [4.69, 9.17) is 11.6 Å². The second-order valence-electron chi connectivity index (χ2n) is 6.64. The monoisotopic (exact) mass is 489 g/mol. The van der Waals surface area contributed by atoms with E-state index in [1.54, 1.807) is 25.1 Å². The third-order valence-electron chi connectivity index (χ3n) is 4.40. The molecule has 0 aliphatic carbocycles. The van der Waals surface area contributed by atoms with E-state index >= 15 is 0 Å². The average molecular weight is 490 g/mol. The molecule has 0 bridgehead atoms. The first kappa shape index (κ1) is 23.6. The summed E-state index contributed by atoms with van der Waals surface area (Å²) >= 11 is 6.02. The zero-order valence-electron chi connectivity index (χ0n) is 16.9. The lowest BCUT2D eigenvalue weighted by atomic mass is 10.1. The molecule has 33 heavy (non-hydrogen) atoms. The summed E-state index contributed by atoms with van der Waals surface area (Å²) in [6.45, 7) is 1.56. The van der Waals surface area contributed by atoms with E-state index in [1.165, 1.54) is 36.4 Å². The van der Waals surface area contributed by atoms with Gasteiger partial charge in [-0.3, -0.25) is 30.4 Å². The summed E-state index contributed by atoms with van der Waals surface area (Å²) in [5, 5.41) is 26.4. The van der Waals surface area contributed by atoms with Crippen LogP contribution >= 0.6 is 11.6 Å². The highest BCUT2D eigenvalue weighted by atomic mass is 35.5. The molecule has 13 heteroatoms. The van der Waals surface area contributed by atoms with E-state index in [1.807, 2.05) is 0 Å². The minimum atomic E-state index is -4.31. The maximum Gasteiger partial charge on any atom is 0.270 e. The normalized spacial score (nSPS) is 11.6. The van der Waals surface area contributed by atoms with Gasteiger partial charge in [0.15, 0.2) is 0 Å². The summed E-state index contributed by atoms with van der Waals surface area (Å²) in [7, 11) is -4.31. The number of benzene rings is 3. The first-order chi connectivity index (χ1) is 15.6. The van der Waals surface area contributed by atoms with Crippen molar-refractivity contribution in [2.24, 2.45) is 5.10 Å². The molecule has 0 radical (unpaired) electrons. The summed E-state index contributed by atoms with van der Waals surface area (Å²) in [6.07, 6.45) is 0. The highest BCUT2D eigenvalue weighted by molar-refractivity contribution is 7.93. The number of hydrazone groups is 1. The van der Waals surface area contributed by atoms with Gasteiger partial charge in [-0.2, -0.15) is 5.10 Å². The maximum absolute atomic E-state index is 13.0. The zero-order chi connectivity index (χ0) is 24.2. The number of halogens is 1. The number of hydrogen-bond acceptors (Lipinski definition) is 8. The van der Waals surface area contributed by atoms with Crippen molar-refractivity contribution in [3.63, 3.8) is 0 Å². The van der Waals surface area contributed by atoms with Gasteiger partial charge in [-0.15, -0.1) is 0 Å². The fraction of sp³-hybridized carbons (Fsp3) is 0.0500. The highest BCUT2D eigenvalue weighted by Gasteiger charge is 2.23. The summed E-state index contributed by atoms with van der Waals surface area (Å²) in [6, 6.07) is 15.0. The summed E-state index contributed by atoms with van der Waals surface area (Å²) in [5.74, 6) is 0. The van der Waals surface area contributed by atoms with Crippen LogP contribution in [0.5, 0.6) is 0 Å². The molecule has 3 aromatic rings. The van der Waals surface area contributed by atoms with Crippen LogP contribution in [0, 0.1) is 20.2 Å². The fourth-order valence-electron chi connectivity index (χ4n) is 2.74. The molecular weight excluding hydrogens is 474 g/mol. The molecule has 0 aliphatic rings. The molecule has 0 unspecified atom stereocenters. The second kappa shape index (κ2) is 9.63. The maximum atomic E-state index is 13.0. The number of nitro groups is 2. The molecule has 0 fully saturated rings. The van der Waals surface area contributed by atoms with Crippen molar-refractivity contribution in [3.8, 4) is 0 Å². The van der Waals surface area contributed by atoms with Crippen LogP contribution in [0.1, 0.15) is 12.5 Å². The molecule has 3 aromatic carbocycles. The molecular formula is C20H16ClN5O6S. The van der Waals surface area contributed by atoms with Crippen molar-refractivity contribution >= 4 is 50.1 Å². The van der Waals surface area contributed by atoms with Crippen molar-refractivity contribution in [2.45, 2.75) is 11.8 Å². The predicted octanol–water partition coefficient (Wildman–Crippen LogP) is 4.79.